The maximum Gasteiger partial charge on any atom is 0.325 e. The second-order valence-electron chi connectivity index (χ2n) is 7.71. The van der Waals surface area contributed by atoms with Gasteiger partial charge in [-0.1, -0.05) is 30.3 Å². The van der Waals surface area contributed by atoms with E-state index in [-0.39, 0.29) is 12.5 Å². The SMILES string of the molecule is O=C(CN1CCN(CCc2ccccc2)CC1)NC(=O)Nc1ccc2c(c1)OCCO2. The van der Waals surface area contributed by atoms with Gasteiger partial charge in [0.05, 0.1) is 6.54 Å². The lowest BCUT2D eigenvalue weighted by atomic mass is 10.1. The van der Waals surface area contributed by atoms with E-state index < -0.39 is 6.03 Å². The van der Waals surface area contributed by atoms with Gasteiger partial charge in [-0.2, -0.15) is 0 Å². The average Bonchev–Trinajstić information content (AvgIpc) is 2.79. The van der Waals surface area contributed by atoms with Crippen LogP contribution in [0.25, 0.3) is 0 Å². The largest absolute Gasteiger partial charge is 0.486 e. The fraction of sp³-hybridized carbons (Fsp3) is 0.391. The summed E-state index contributed by atoms with van der Waals surface area (Å²) in [5, 5.41) is 5.06. The van der Waals surface area contributed by atoms with Crippen LogP contribution < -0.4 is 20.1 Å². The molecular formula is C23H28N4O4. The van der Waals surface area contributed by atoms with Gasteiger partial charge < -0.3 is 19.7 Å². The second kappa shape index (κ2) is 10.3. The molecule has 2 aromatic carbocycles. The van der Waals surface area contributed by atoms with Gasteiger partial charge in [0.1, 0.15) is 13.2 Å². The monoisotopic (exact) mass is 424 g/mol. The number of hydrogen-bond acceptors (Lipinski definition) is 6. The molecule has 0 bridgehead atoms. The zero-order valence-corrected chi connectivity index (χ0v) is 17.5. The van der Waals surface area contributed by atoms with Gasteiger partial charge in [-0.15, -0.1) is 0 Å². The summed E-state index contributed by atoms with van der Waals surface area (Å²) in [7, 11) is 0. The van der Waals surface area contributed by atoms with Gasteiger partial charge in [0.2, 0.25) is 5.91 Å². The van der Waals surface area contributed by atoms with Gasteiger partial charge in [0.25, 0.3) is 0 Å². The summed E-state index contributed by atoms with van der Waals surface area (Å²) in [5.41, 5.74) is 1.88. The van der Waals surface area contributed by atoms with Crippen LogP contribution >= 0.6 is 0 Å². The Hall–Kier alpha value is -3.10. The number of urea groups is 1. The summed E-state index contributed by atoms with van der Waals surface area (Å²) in [6.45, 7) is 5.67. The van der Waals surface area contributed by atoms with Gasteiger partial charge in [-0.3, -0.25) is 15.0 Å². The van der Waals surface area contributed by atoms with E-state index >= 15 is 0 Å². The molecule has 2 aliphatic rings. The summed E-state index contributed by atoms with van der Waals surface area (Å²) < 4.78 is 11.0. The van der Waals surface area contributed by atoms with Gasteiger partial charge in [0.15, 0.2) is 11.5 Å². The minimum atomic E-state index is -0.553. The Bertz CT molecular complexity index is 898. The molecule has 2 aromatic rings. The normalized spacial score (nSPS) is 16.5. The van der Waals surface area contributed by atoms with E-state index in [0.29, 0.717) is 30.4 Å². The van der Waals surface area contributed by atoms with Crippen LogP contribution in [0.3, 0.4) is 0 Å². The first kappa shape index (κ1) is 21.1. The number of anilines is 1. The summed E-state index contributed by atoms with van der Waals surface area (Å²) in [6, 6.07) is 15.0. The molecule has 2 heterocycles. The van der Waals surface area contributed by atoms with Crippen molar-refractivity contribution in [3.63, 3.8) is 0 Å². The fourth-order valence-corrected chi connectivity index (χ4v) is 3.76. The first-order chi connectivity index (χ1) is 15.2. The Balaban J connectivity index is 1.16. The van der Waals surface area contributed by atoms with Gasteiger partial charge in [-0.05, 0) is 24.1 Å². The molecule has 3 amide bonds. The van der Waals surface area contributed by atoms with Crippen LogP contribution in [0.15, 0.2) is 48.5 Å². The quantitative estimate of drug-likeness (QED) is 0.738. The number of carbonyl (C=O) groups excluding carboxylic acids is 2. The molecular weight excluding hydrogens is 396 g/mol. The molecule has 31 heavy (non-hydrogen) atoms. The van der Waals surface area contributed by atoms with E-state index in [1.807, 2.05) is 6.07 Å². The molecule has 8 heteroatoms. The smallest absolute Gasteiger partial charge is 0.325 e. The third-order valence-electron chi connectivity index (χ3n) is 5.44. The van der Waals surface area contributed by atoms with Crippen molar-refractivity contribution in [1.82, 2.24) is 15.1 Å². The molecule has 1 fully saturated rings. The second-order valence-corrected chi connectivity index (χ2v) is 7.71. The first-order valence-electron chi connectivity index (χ1n) is 10.6. The number of nitrogens with zero attached hydrogens (tertiary/aromatic N) is 2. The third-order valence-corrected chi connectivity index (χ3v) is 5.44. The lowest BCUT2D eigenvalue weighted by Gasteiger charge is -2.34. The van der Waals surface area contributed by atoms with Crippen LogP contribution in [0.4, 0.5) is 10.5 Å². The van der Waals surface area contributed by atoms with Crippen LogP contribution in [-0.2, 0) is 11.2 Å². The molecule has 8 nitrogen and oxygen atoms in total. The summed E-state index contributed by atoms with van der Waals surface area (Å²) in [6.07, 6.45) is 1.03. The Labute approximate surface area is 182 Å². The number of nitrogens with one attached hydrogen (secondary N) is 2. The van der Waals surface area contributed by atoms with Gasteiger partial charge in [-0.25, -0.2) is 4.79 Å². The number of imide groups is 1. The molecule has 0 saturated carbocycles. The van der Waals surface area contributed by atoms with E-state index in [1.54, 1.807) is 18.2 Å². The number of carbonyl (C=O) groups is 2. The minimum absolute atomic E-state index is 0.209. The molecule has 4 rings (SSSR count). The Morgan fingerprint density at radius 1 is 0.871 bits per heavy atom. The first-order valence-corrected chi connectivity index (χ1v) is 10.6. The van der Waals surface area contributed by atoms with Crippen molar-refractivity contribution in [2.45, 2.75) is 6.42 Å². The average molecular weight is 425 g/mol. The highest BCUT2D eigenvalue weighted by atomic mass is 16.6. The molecule has 0 aromatic heterocycles. The number of amides is 3. The summed E-state index contributed by atoms with van der Waals surface area (Å²) >= 11 is 0. The third kappa shape index (κ3) is 6.19. The Kier molecular flexibility index (Phi) is 7.01. The van der Waals surface area contributed by atoms with Crippen molar-refractivity contribution >= 4 is 17.6 Å². The van der Waals surface area contributed by atoms with E-state index in [9.17, 15) is 9.59 Å². The summed E-state index contributed by atoms with van der Waals surface area (Å²) in [4.78, 5) is 28.9. The number of benzene rings is 2. The lowest BCUT2D eigenvalue weighted by molar-refractivity contribution is -0.121. The maximum absolute atomic E-state index is 12.3. The van der Waals surface area contributed by atoms with Gasteiger partial charge >= 0.3 is 6.03 Å². The zero-order valence-electron chi connectivity index (χ0n) is 17.5. The predicted octanol–water partition coefficient (Wildman–Crippen LogP) is 1.97. The van der Waals surface area contributed by atoms with Crippen LogP contribution in [0.2, 0.25) is 0 Å². The number of rotatable bonds is 6. The molecule has 0 spiro atoms. The molecule has 2 aliphatic heterocycles. The fourth-order valence-electron chi connectivity index (χ4n) is 3.76. The number of piperazine rings is 1. The lowest BCUT2D eigenvalue weighted by Crippen LogP contribution is -2.50. The molecule has 0 unspecified atom stereocenters. The number of ether oxygens (including phenoxy) is 2. The highest BCUT2D eigenvalue weighted by molar-refractivity contribution is 6.01. The van der Waals surface area contributed by atoms with Crippen LogP contribution in [-0.4, -0.2) is 74.2 Å². The molecule has 1 saturated heterocycles. The van der Waals surface area contributed by atoms with Crippen molar-refractivity contribution < 1.29 is 19.1 Å². The predicted molar refractivity (Wildman–Crippen MR) is 118 cm³/mol. The van der Waals surface area contributed by atoms with Crippen molar-refractivity contribution in [2.75, 3.05) is 57.8 Å². The van der Waals surface area contributed by atoms with Crippen LogP contribution in [0.5, 0.6) is 11.5 Å². The standard InChI is InChI=1S/C23H28N4O4/c28-22(25-23(29)24-19-6-7-20-21(16-19)31-15-14-30-20)17-27-12-10-26(11-13-27)9-8-18-4-2-1-3-5-18/h1-7,16H,8-15,17H2,(H2,24,25,28,29). The van der Waals surface area contributed by atoms with Crippen molar-refractivity contribution in [3.05, 3.63) is 54.1 Å². The Morgan fingerprint density at radius 2 is 1.58 bits per heavy atom. The number of hydrogen-bond donors (Lipinski definition) is 2. The van der Waals surface area contributed by atoms with E-state index in [4.69, 9.17) is 9.47 Å². The van der Waals surface area contributed by atoms with Crippen LogP contribution in [0.1, 0.15) is 5.56 Å². The minimum Gasteiger partial charge on any atom is -0.486 e. The molecule has 2 N–H and O–H groups in total. The topological polar surface area (TPSA) is 83.1 Å². The highest BCUT2D eigenvalue weighted by Crippen LogP contribution is 2.32. The van der Waals surface area contributed by atoms with Crippen LogP contribution in [0, 0.1) is 0 Å². The van der Waals surface area contributed by atoms with E-state index in [0.717, 1.165) is 39.1 Å². The van der Waals surface area contributed by atoms with E-state index in [2.05, 4.69) is 44.7 Å². The highest BCUT2D eigenvalue weighted by Gasteiger charge is 2.20. The van der Waals surface area contributed by atoms with Crippen molar-refractivity contribution in [2.24, 2.45) is 0 Å². The number of fused-ring (bicyclic) bond motifs is 1. The molecule has 0 radical (unpaired) electrons. The molecule has 0 atom stereocenters. The molecule has 164 valence electrons. The van der Waals surface area contributed by atoms with Crippen molar-refractivity contribution in [3.8, 4) is 11.5 Å². The van der Waals surface area contributed by atoms with Gasteiger partial charge in [0, 0.05) is 44.5 Å². The van der Waals surface area contributed by atoms with Crippen molar-refractivity contribution in [1.29, 1.82) is 0 Å². The molecule has 0 aliphatic carbocycles. The van der Waals surface area contributed by atoms with E-state index in [1.165, 1.54) is 5.56 Å². The maximum atomic E-state index is 12.3. The zero-order chi connectivity index (χ0) is 21.5. The Morgan fingerprint density at radius 3 is 2.35 bits per heavy atom. The summed E-state index contributed by atoms with van der Waals surface area (Å²) in [5.74, 6) is 0.921.